The van der Waals surface area contributed by atoms with Gasteiger partial charge in [0.25, 0.3) is 0 Å². The molecular weight excluding hydrogens is 515 g/mol. The van der Waals surface area contributed by atoms with Gasteiger partial charge in [-0.1, -0.05) is 121 Å². The highest BCUT2D eigenvalue weighted by Crippen LogP contribution is 2.09. The van der Waals surface area contributed by atoms with Crippen LogP contribution in [0.3, 0.4) is 0 Å². The topological polar surface area (TPSA) is 44.5 Å². The fourth-order valence-corrected chi connectivity index (χ4v) is 5.83. The summed E-state index contributed by atoms with van der Waals surface area (Å²) in [7, 11) is 0. The van der Waals surface area contributed by atoms with E-state index in [0.717, 1.165) is 13.3 Å². The maximum atomic E-state index is 4.17. The standard InChI is InChI=1S/C24H20B.C11H13N6/c1-5-13-21(14-6-1)25(22-15-7-2-8-16-22,23-17-9-3-10-18-23)24-19-11-4-12-20-24;1-3-12-16(5-1)10-14-7-8-15(9-14)11-17-6-2-4-13-17/h1-20H;1-9H,10-11H2/q-1;+1. The lowest BCUT2D eigenvalue weighted by atomic mass is 9.13. The number of nitrogens with zero attached hydrogens (tertiary/aromatic N) is 6. The SMILES string of the molecule is c1ccc([B-](c2ccccc2)(c2ccccc2)c2ccccc2)cc1.c1cnn(Cn2cc[n+](Cn3cccn3)c2)c1. The summed E-state index contributed by atoms with van der Waals surface area (Å²) in [6.07, 6.45) is 12.3. The normalized spacial score (nSPS) is 11.0. The van der Waals surface area contributed by atoms with E-state index in [1.165, 1.54) is 21.9 Å². The van der Waals surface area contributed by atoms with Crippen molar-refractivity contribution in [2.45, 2.75) is 13.3 Å². The van der Waals surface area contributed by atoms with Crippen molar-refractivity contribution in [2.24, 2.45) is 0 Å². The van der Waals surface area contributed by atoms with E-state index < -0.39 is 6.15 Å². The molecule has 7 rings (SSSR count). The van der Waals surface area contributed by atoms with Gasteiger partial charge in [0.2, 0.25) is 6.33 Å². The zero-order chi connectivity index (χ0) is 28.5. The molecule has 0 radical (unpaired) electrons. The molecule has 0 fully saturated rings. The minimum absolute atomic E-state index is 0.721. The molecule has 4 aromatic carbocycles. The van der Waals surface area contributed by atoms with Crippen LogP contribution in [0.5, 0.6) is 0 Å². The van der Waals surface area contributed by atoms with Crippen molar-refractivity contribution < 1.29 is 4.57 Å². The summed E-state index contributed by atoms with van der Waals surface area (Å²) in [4.78, 5) is 0. The van der Waals surface area contributed by atoms with E-state index in [2.05, 4.69) is 141 Å². The van der Waals surface area contributed by atoms with Crippen molar-refractivity contribution >= 4 is 28.0 Å². The van der Waals surface area contributed by atoms with Crippen molar-refractivity contribution in [1.29, 1.82) is 0 Å². The van der Waals surface area contributed by atoms with E-state index in [1.54, 1.807) is 12.4 Å². The lowest BCUT2D eigenvalue weighted by Crippen LogP contribution is -2.74. The number of aromatic nitrogens is 6. The van der Waals surface area contributed by atoms with Crippen molar-refractivity contribution in [3.63, 3.8) is 0 Å². The fourth-order valence-electron chi connectivity index (χ4n) is 5.83. The van der Waals surface area contributed by atoms with E-state index in [-0.39, 0.29) is 0 Å². The van der Waals surface area contributed by atoms with Crippen LogP contribution in [0, 0.1) is 0 Å². The molecule has 3 aromatic heterocycles. The first-order valence-electron chi connectivity index (χ1n) is 14.2. The van der Waals surface area contributed by atoms with Crippen molar-refractivity contribution in [3.05, 3.63) is 177 Å². The largest absolute Gasteiger partial charge is 0.246 e. The molecule has 0 unspecified atom stereocenters. The maximum absolute atomic E-state index is 4.17. The molecule has 0 atom stereocenters. The molecule has 7 aromatic rings. The Morgan fingerprint density at radius 1 is 0.500 bits per heavy atom. The summed E-state index contributed by atoms with van der Waals surface area (Å²) in [5, 5.41) is 8.33. The zero-order valence-corrected chi connectivity index (χ0v) is 23.4. The number of hydrogen-bond acceptors (Lipinski definition) is 2. The van der Waals surface area contributed by atoms with Gasteiger partial charge in [0, 0.05) is 24.8 Å². The third kappa shape index (κ3) is 5.86. The highest BCUT2D eigenvalue weighted by molar-refractivity contribution is 7.19. The van der Waals surface area contributed by atoms with Crippen LogP contribution in [0.1, 0.15) is 0 Å². The van der Waals surface area contributed by atoms with Gasteiger partial charge >= 0.3 is 0 Å². The first-order valence-corrected chi connectivity index (χ1v) is 14.2. The molecule has 206 valence electrons. The predicted octanol–water partition coefficient (Wildman–Crippen LogP) is 3.24. The van der Waals surface area contributed by atoms with Crippen LogP contribution in [0.2, 0.25) is 0 Å². The van der Waals surface area contributed by atoms with Gasteiger partial charge in [0.15, 0.2) is 13.3 Å². The van der Waals surface area contributed by atoms with Gasteiger partial charge in [-0.2, -0.15) is 32.0 Å². The molecule has 6 nitrogen and oxygen atoms in total. The van der Waals surface area contributed by atoms with Crippen LogP contribution in [-0.2, 0) is 13.3 Å². The fraction of sp³-hybridized carbons (Fsp3) is 0.0571. The van der Waals surface area contributed by atoms with Crippen molar-refractivity contribution in [1.82, 2.24) is 24.1 Å². The molecule has 0 aliphatic rings. The summed E-state index contributed by atoms with van der Waals surface area (Å²) < 4.78 is 7.88. The van der Waals surface area contributed by atoms with E-state index >= 15 is 0 Å². The Hall–Kier alpha value is -5.43. The van der Waals surface area contributed by atoms with Crippen LogP contribution in [-0.4, -0.2) is 30.3 Å². The molecule has 0 saturated carbocycles. The highest BCUT2D eigenvalue weighted by Gasteiger charge is 2.31. The van der Waals surface area contributed by atoms with Crippen molar-refractivity contribution in [3.8, 4) is 0 Å². The second kappa shape index (κ2) is 12.8. The lowest BCUT2D eigenvalue weighted by molar-refractivity contribution is -0.702. The minimum Gasteiger partial charge on any atom is -0.233 e. The van der Waals surface area contributed by atoms with Gasteiger partial charge < -0.3 is 0 Å². The molecule has 0 aliphatic heterocycles. The molecule has 0 bridgehead atoms. The average molecular weight is 549 g/mol. The predicted molar refractivity (Wildman–Crippen MR) is 170 cm³/mol. The Morgan fingerprint density at radius 2 is 0.929 bits per heavy atom. The van der Waals surface area contributed by atoms with Gasteiger partial charge in [0.1, 0.15) is 18.5 Å². The molecule has 0 N–H and O–H groups in total. The summed E-state index contributed by atoms with van der Waals surface area (Å²) in [6.45, 7) is 1.44. The number of benzene rings is 4. The molecule has 0 aliphatic carbocycles. The molecule has 0 spiro atoms. The molecule has 7 heteroatoms. The third-order valence-electron chi connectivity index (χ3n) is 7.68. The van der Waals surface area contributed by atoms with Crippen LogP contribution in [0.25, 0.3) is 0 Å². The van der Waals surface area contributed by atoms with E-state index in [0.29, 0.717) is 0 Å². The van der Waals surface area contributed by atoms with Gasteiger partial charge in [-0.3, -0.25) is 0 Å². The van der Waals surface area contributed by atoms with E-state index in [1.807, 2.05) is 52.6 Å². The molecule has 0 amide bonds. The smallest absolute Gasteiger partial charge is 0.233 e. The summed E-state index contributed by atoms with van der Waals surface area (Å²) >= 11 is 0. The van der Waals surface area contributed by atoms with E-state index in [9.17, 15) is 0 Å². The van der Waals surface area contributed by atoms with Gasteiger partial charge in [-0.05, 0) is 12.1 Å². The number of imidazole rings is 1. The Balaban J connectivity index is 0.000000162. The van der Waals surface area contributed by atoms with Gasteiger partial charge in [0.05, 0.1) is 0 Å². The summed E-state index contributed by atoms with van der Waals surface area (Å²) in [6, 6.07) is 47.4. The van der Waals surface area contributed by atoms with Crippen LogP contribution in [0.4, 0.5) is 0 Å². The van der Waals surface area contributed by atoms with Crippen LogP contribution >= 0.6 is 0 Å². The van der Waals surface area contributed by atoms with Gasteiger partial charge in [-0.15, -0.1) is 0 Å². The van der Waals surface area contributed by atoms with Gasteiger partial charge in [-0.25, -0.2) is 18.5 Å². The number of hydrogen-bond donors (Lipinski definition) is 0. The Kier molecular flexibility index (Phi) is 8.18. The molecule has 3 heterocycles. The summed E-state index contributed by atoms with van der Waals surface area (Å²) in [5.74, 6) is 0. The monoisotopic (exact) mass is 548 g/mol. The molecular formula is C35H33BN6. The first kappa shape index (κ1) is 26.8. The first-order chi connectivity index (χ1) is 20.8. The molecule has 0 saturated heterocycles. The second-order valence-corrected chi connectivity index (χ2v) is 10.3. The lowest BCUT2D eigenvalue weighted by Gasteiger charge is -2.44. The number of rotatable bonds is 8. The minimum atomic E-state index is -1.22. The average Bonchev–Trinajstić information content (AvgIpc) is 3.86. The Labute approximate surface area is 246 Å². The maximum Gasteiger partial charge on any atom is 0.246 e. The van der Waals surface area contributed by atoms with E-state index in [4.69, 9.17) is 0 Å². The second-order valence-electron chi connectivity index (χ2n) is 10.3. The Bertz CT molecular complexity index is 1540. The zero-order valence-electron chi connectivity index (χ0n) is 23.4. The third-order valence-corrected chi connectivity index (χ3v) is 7.68. The Morgan fingerprint density at radius 3 is 1.33 bits per heavy atom. The summed E-state index contributed by atoms with van der Waals surface area (Å²) in [5.41, 5.74) is 5.36. The highest BCUT2D eigenvalue weighted by atomic mass is 15.4. The quantitative estimate of drug-likeness (QED) is 0.216. The van der Waals surface area contributed by atoms with Crippen molar-refractivity contribution in [2.75, 3.05) is 0 Å². The van der Waals surface area contributed by atoms with Crippen LogP contribution in [0.15, 0.2) is 177 Å². The molecule has 42 heavy (non-hydrogen) atoms. The van der Waals surface area contributed by atoms with Crippen LogP contribution < -0.4 is 26.4 Å².